The highest BCUT2D eigenvalue weighted by Gasteiger charge is 2.38. The Labute approximate surface area is 133 Å². The van der Waals surface area contributed by atoms with Gasteiger partial charge in [0.25, 0.3) is 5.91 Å². The number of amides is 1. The van der Waals surface area contributed by atoms with Crippen molar-refractivity contribution in [3.63, 3.8) is 0 Å². The summed E-state index contributed by atoms with van der Waals surface area (Å²) < 4.78 is 0. The van der Waals surface area contributed by atoms with E-state index in [0.29, 0.717) is 12.0 Å². The van der Waals surface area contributed by atoms with Crippen LogP contribution in [0.4, 0.5) is 0 Å². The lowest BCUT2D eigenvalue weighted by atomic mass is 9.77. The average molecular weight is 298 g/mol. The highest BCUT2D eigenvalue weighted by molar-refractivity contribution is 5.97. The molecule has 0 bridgehead atoms. The number of likely N-dealkylation sites (N-methyl/N-ethyl adjacent to an activating group) is 1. The smallest absolute Gasteiger partial charge is 0.254 e. The maximum atomic E-state index is 13.1. The molecule has 118 valence electrons. The number of nitrogens with zero attached hydrogens (tertiary/aromatic N) is 2. The van der Waals surface area contributed by atoms with Gasteiger partial charge in [0.1, 0.15) is 0 Å². The Bertz CT molecular complexity index is 583. The van der Waals surface area contributed by atoms with Crippen molar-refractivity contribution in [2.45, 2.75) is 51.0 Å². The second kappa shape index (κ2) is 5.69. The summed E-state index contributed by atoms with van der Waals surface area (Å²) >= 11 is 0. The number of benzene rings is 1. The molecule has 0 spiro atoms. The predicted octanol–water partition coefficient (Wildman–Crippen LogP) is 3.05. The van der Waals surface area contributed by atoms with Crippen molar-refractivity contribution in [3.8, 4) is 0 Å². The Kier molecular flexibility index (Phi) is 3.69. The minimum absolute atomic E-state index is 0.290. The highest BCUT2D eigenvalue weighted by Crippen LogP contribution is 2.39. The quantitative estimate of drug-likeness (QED) is 0.838. The highest BCUT2D eigenvalue weighted by atomic mass is 16.2. The first-order chi connectivity index (χ1) is 10.8. The van der Waals surface area contributed by atoms with Gasteiger partial charge in [-0.25, -0.2) is 0 Å². The lowest BCUT2D eigenvalue weighted by molar-refractivity contribution is 0.0493. The number of piperidine rings is 1. The maximum absolute atomic E-state index is 13.1. The SMILES string of the molecule is CCN1CCCC(N2C[C@H]3CCCc4cccc(c43)C2=O)C1. The molecule has 0 radical (unpaired) electrons. The number of carbonyl (C=O) groups excluding carboxylic acids is 1. The Hall–Kier alpha value is -1.35. The molecule has 1 aliphatic carbocycles. The number of carbonyl (C=O) groups is 1. The van der Waals surface area contributed by atoms with Crippen LogP contribution in [0.15, 0.2) is 18.2 Å². The van der Waals surface area contributed by atoms with E-state index in [-0.39, 0.29) is 5.91 Å². The number of hydrogen-bond acceptors (Lipinski definition) is 2. The van der Waals surface area contributed by atoms with Crippen molar-refractivity contribution in [1.82, 2.24) is 9.80 Å². The lowest BCUT2D eigenvalue weighted by Gasteiger charge is -2.44. The molecule has 3 nitrogen and oxygen atoms in total. The molecule has 22 heavy (non-hydrogen) atoms. The zero-order valence-corrected chi connectivity index (χ0v) is 13.6. The summed E-state index contributed by atoms with van der Waals surface area (Å²) in [7, 11) is 0. The van der Waals surface area contributed by atoms with Crippen molar-refractivity contribution < 1.29 is 4.79 Å². The van der Waals surface area contributed by atoms with E-state index >= 15 is 0 Å². The third-order valence-electron chi connectivity index (χ3n) is 5.88. The minimum atomic E-state index is 0.290. The van der Waals surface area contributed by atoms with Gasteiger partial charge in [-0.3, -0.25) is 4.79 Å². The summed E-state index contributed by atoms with van der Waals surface area (Å²) in [4.78, 5) is 17.8. The molecular weight excluding hydrogens is 272 g/mol. The van der Waals surface area contributed by atoms with Gasteiger partial charge >= 0.3 is 0 Å². The molecule has 1 aromatic rings. The Morgan fingerprint density at radius 3 is 2.95 bits per heavy atom. The number of aryl methyl sites for hydroxylation is 1. The van der Waals surface area contributed by atoms with Crippen LogP contribution in [-0.2, 0) is 6.42 Å². The predicted molar refractivity (Wildman–Crippen MR) is 88.3 cm³/mol. The van der Waals surface area contributed by atoms with E-state index in [1.54, 1.807) is 0 Å². The molecule has 0 saturated carbocycles. The van der Waals surface area contributed by atoms with Crippen molar-refractivity contribution in [2.75, 3.05) is 26.2 Å². The van der Waals surface area contributed by atoms with Gasteiger partial charge in [-0.05, 0) is 62.4 Å². The summed E-state index contributed by atoms with van der Waals surface area (Å²) in [6, 6.07) is 6.79. The Morgan fingerprint density at radius 2 is 2.09 bits per heavy atom. The van der Waals surface area contributed by atoms with Crippen LogP contribution in [0, 0.1) is 0 Å². The third kappa shape index (κ3) is 2.26. The summed E-state index contributed by atoms with van der Waals surface area (Å²) in [5.74, 6) is 0.868. The van der Waals surface area contributed by atoms with Crippen molar-refractivity contribution in [3.05, 3.63) is 34.9 Å². The van der Waals surface area contributed by atoms with E-state index in [4.69, 9.17) is 0 Å². The summed E-state index contributed by atoms with van der Waals surface area (Å²) in [5.41, 5.74) is 3.82. The van der Waals surface area contributed by atoms with Crippen molar-refractivity contribution in [2.24, 2.45) is 0 Å². The molecule has 0 N–H and O–H groups in total. The van der Waals surface area contributed by atoms with E-state index in [9.17, 15) is 4.79 Å². The normalized spacial score (nSPS) is 28.6. The summed E-state index contributed by atoms with van der Waals surface area (Å²) in [5, 5.41) is 0. The van der Waals surface area contributed by atoms with Gasteiger partial charge in [0.15, 0.2) is 0 Å². The molecule has 2 heterocycles. The first-order valence-electron chi connectivity index (χ1n) is 8.93. The molecule has 1 saturated heterocycles. The van der Waals surface area contributed by atoms with Gasteiger partial charge in [0.2, 0.25) is 0 Å². The molecule has 4 rings (SSSR count). The molecule has 3 aliphatic rings. The molecule has 1 aromatic carbocycles. The molecule has 1 fully saturated rings. The van der Waals surface area contributed by atoms with Gasteiger partial charge in [-0.2, -0.15) is 0 Å². The minimum Gasteiger partial charge on any atom is -0.334 e. The van der Waals surface area contributed by atoms with E-state index in [1.807, 2.05) is 0 Å². The molecule has 2 aliphatic heterocycles. The molecule has 3 heteroatoms. The van der Waals surface area contributed by atoms with E-state index in [2.05, 4.69) is 34.9 Å². The molecular formula is C19H26N2O. The fourth-order valence-corrected chi connectivity index (χ4v) is 4.73. The molecule has 2 atom stereocenters. The zero-order chi connectivity index (χ0) is 15.1. The summed E-state index contributed by atoms with van der Waals surface area (Å²) in [6.45, 7) is 6.53. The monoisotopic (exact) mass is 298 g/mol. The van der Waals surface area contributed by atoms with Gasteiger partial charge in [-0.1, -0.05) is 19.1 Å². The third-order valence-corrected chi connectivity index (χ3v) is 5.88. The van der Waals surface area contributed by atoms with Crippen LogP contribution in [0.1, 0.15) is 60.0 Å². The number of rotatable bonds is 2. The first-order valence-corrected chi connectivity index (χ1v) is 8.93. The van der Waals surface area contributed by atoms with Crippen LogP contribution in [0.25, 0.3) is 0 Å². The van der Waals surface area contributed by atoms with Crippen LogP contribution in [0.5, 0.6) is 0 Å². The summed E-state index contributed by atoms with van der Waals surface area (Å²) in [6.07, 6.45) is 6.07. The molecule has 1 amide bonds. The van der Waals surface area contributed by atoms with Gasteiger partial charge in [0, 0.05) is 30.6 Å². The van der Waals surface area contributed by atoms with Gasteiger partial charge < -0.3 is 9.80 Å². The van der Waals surface area contributed by atoms with E-state index in [1.165, 1.54) is 43.4 Å². The largest absolute Gasteiger partial charge is 0.334 e. The maximum Gasteiger partial charge on any atom is 0.254 e. The average Bonchev–Trinajstić information content (AvgIpc) is 2.58. The second-order valence-electron chi connectivity index (χ2n) is 7.11. The zero-order valence-electron chi connectivity index (χ0n) is 13.6. The van der Waals surface area contributed by atoms with Crippen LogP contribution < -0.4 is 0 Å². The number of likely N-dealkylation sites (tertiary alicyclic amines) is 1. The van der Waals surface area contributed by atoms with Gasteiger partial charge in [0.05, 0.1) is 0 Å². The molecule has 1 unspecified atom stereocenters. The Morgan fingerprint density at radius 1 is 1.18 bits per heavy atom. The van der Waals surface area contributed by atoms with E-state index in [0.717, 1.165) is 31.6 Å². The number of hydrogen-bond donors (Lipinski definition) is 0. The molecule has 0 aromatic heterocycles. The van der Waals surface area contributed by atoms with Crippen molar-refractivity contribution >= 4 is 5.91 Å². The Balaban J connectivity index is 1.65. The van der Waals surface area contributed by atoms with Crippen LogP contribution in [0.2, 0.25) is 0 Å². The first kappa shape index (κ1) is 14.3. The van der Waals surface area contributed by atoms with Crippen LogP contribution in [0.3, 0.4) is 0 Å². The lowest BCUT2D eigenvalue weighted by Crippen LogP contribution is -2.53. The van der Waals surface area contributed by atoms with Crippen LogP contribution in [-0.4, -0.2) is 47.9 Å². The fraction of sp³-hybridized carbons (Fsp3) is 0.632. The fourth-order valence-electron chi connectivity index (χ4n) is 4.73. The van der Waals surface area contributed by atoms with Crippen molar-refractivity contribution in [1.29, 1.82) is 0 Å². The topological polar surface area (TPSA) is 23.6 Å². The van der Waals surface area contributed by atoms with Gasteiger partial charge in [-0.15, -0.1) is 0 Å². The van der Waals surface area contributed by atoms with E-state index < -0.39 is 0 Å². The second-order valence-corrected chi connectivity index (χ2v) is 7.11. The van der Waals surface area contributed by atoms with Crippen LogP contribution >= 0.6 is 0 Å². The standard InChI is InChI=1S/C19H26N2O/c1-2-20-11-5-9-16(13-20)21-12-15-8-3-6-14-7-4-10-17(18(14)15)19(21)22/h4,7,10,15-16H,2-3,5-6,8-9,11-13H2,1H3/t15-,16?/m1/s1.